The van der Waals surface area contributed by atoms with Gasteiger partial charge in [-0.25, -0.2) is 4.98 Å². The van der Waals surface area contributed by atoms with Crippen molar-refractivity contribution in [1.29, 1.82) is 0 Å². The van der Waals surface area contributed by atoms with Crippen molar-refractivity contribution >= 4 is 22.9 Å². The monoisotopic (exact) mass is 393 g/mol. The Kier molecular flexibility index (Phi) is 5.58. The summed E-state index contributed by atoms with van der Waals surface area (Å²) in [5, 5.41) is 1.96. The van der Waals surface area contributed by atoms with Crippen LogP contribution in [0.1, 0.15) is 21.6 Å². The lowest BCUT2D eigenvalue weighted by Gasteiger charge is -2.36. The van der Waals surface area contributed by atoms with E-state index in [9.17, 15) is 4.79 Å². The van der Waals surface area contributed by atoms with Crippen LogP contribution in [0.5, 0.6) is 5.75 Å². The molecular formula is C22H23N3O2S. The highest BCUT2D eigenvalue weighted by Crippen LogP contribution is 2.20. The van der Waals surface area contributed by atoms with Gasteiger partial charge >= 0.3 is 0 Å². The lowest BCUT2D eigenvalue weighted by Crippen LogP contribution is -2.48. The number of nitrogens with zero attached hydrogens (tertiary/aromatic N) is 3. The molecule has 2 heterocycles. The SMILES string of the molecule is Cc1cccc(N2CCN(C(=O)c3cccc(OCc4cscn4)c3)CC2)c1. The van der Waals surface area contributed by atoms with E-state index in [4.69, 9.17) is 4.74 Å². The van der Waals surface area contributed by atoms with Crippen molar-refractivity contribution in [3.05, 3.63) is 76.2 Å². The van der Waals surface area contributed by atoms with Crippen LogP contribution in [0, 0.1) is 6.92 Å². The maximum Gasteiger partial charge on any atom is 0.254 e. The van der Waals surface area contributed by atoms with Gasteiger partial charge in [0.2, 0.25) is 0 Å². The first-order valence-electron chi connectivity index (χ1n) is 9.40. The van der Waals surface area contributed by atoms with Crippen LogP contribution < -0.4 is 9.64 Å². The summed E-state index contributed by atoms with van der Waals surface area (Å²) in [6.07, 6.45) is 0. The molecule has 0 N–H and O–H groups in total. The molecule has 0 spiro atoms. The Balaban J connectivity index is 1.36. The molecular weight excluding hydrogens is 370 g/mol. The molecule has 0 bridgehead atoms. The van der Waals surface area contributed by atoms with Crippen molar-refractivity contribution < 1.29 is 9.53 Å². The first-order chi connectivity index (χ1) is 13.7. The predicted molar refractivity (Wildman–Crippen MR) is 112 cm³/mol. The van der Waals surface area contributed by atoms with E-state index in [1.807, 2.05) is 34.5 Å². The summed E-state index contributed by atoms with van der Waals surface area (Å²) in [4.78, 5) is 21.4. The zero-order valence-corrected chi connectivity index (χ0v) is 16.7. The van der Waals surface area contributed by atoms with Gasteiger partial charge in [0.1, 0.15) is 12.4 Å². The Hall–Kier alpha value is -2.86. The number of rotatable bonds is 5. The van der Waals surface area contributed by atoms with Gasteiger partial charge in [0, 0.05) is 42.8 Å². The van der Waals surface area contributed by atoms with Gasteiger partial charge in [0.25, 0.3) is 5.91 Å². The zero-order valence-electron chi connectivity index (χ0n) is 15.9. The quantitative estimate of drug-likeness (QED) is 0.657. The fourth-order valence-electron chi connectivity index (χ4n) is 3.36. The van der Waals surface area contributed by atoms with Crippen molar-refractivity contribution in [1.82, 2.24) is 9.88 Å². The summed E-state index contributed by atoms with van der Waals surface area (Å²) < 4.78 is 5.78. The van der Waals surface area contributed by atoms with E-state index in [1.165, 1.54) is 11.3 Å². The molecule has 1 aliphatic heterocycles. The third-order valence-corrected chi connectivity index (χ3v) is 5.52. The average molecular weight is 394 g/mol. The number of carbonyl (C=O) groups is 1. The van der Waals surface area contributed by atoms with E-state index in [1.54, 1.807) is 16.8 Å². The summed E-state index contributed by atoms with van der Waals surface area (Å²) in [5.74, 6) is 0.750. The number of amides is 1. The Morgan fingerprint density at radius 1 is 1.11 bits per heavy atom. The van der Waals surface area contributed by atoms with E-state index in [0.717, 1.165) is 31.9 Å². The highest BCUT2D eigenvalue weighted by atomic mass is 32.1. The Labute approximate surface area is 169 Å². The minimum absolute atomic E-state index is 0.0583. The Morgan fingerprint density at radius 2 is 1.93 bits per heavy atom. The van der Waals surface area contributed by atoms with Gasteiger partial charge in [-0.15, -0.1) is 11.3 Å². The third-order valence-electron chi connectivity index (χ3n) is 4.88. The van der Waals surface area contributed by atoms with Crippen molar-refractivity contribution in [2.45, 2.75) is 13.5 Å². The molecule has 0 aliphatic carbocycles. The topological polar surface area (TPSA) is 45.7 Å². The molecule has 0 atom stereocenters. The molecule has 0 saturated carbocycles. The van der Waals surface area contributed by atoms with Gasteiger partial charge < -0.3 is 14.5 Å². The molecule has 6 heteroatoms. The molecule has 1 fully saturated rings. The minimum Gasteiger partial charge on any atom is -0.487 e. The summed E-state index contributed by atoms with van der Waals surface area (Å²) in [5.41, 5.74) is 5.83. The maximum atomic E-state index is 12.9. The standard InChI is InChI=1S/C22H23N3O2S/c1-17-4-2-6-20(12-17)24-8-10-25(11-9-24)22(26)18-5-3-7-21(13-18)27-14-19-15-28-16-23-19/h2-7,12-13,15-16H,8-11,14H2,1H3. The second-order valence-corrected chi connectivity index (χ2v) is 7.63. The number of carbonyl (C=O) groups excluding carboxylic acids is 1. The molecule has 5 nitrogen and oxygen atoms in total. The van der Waals surface area contributed by atoms with Crippen molar-refractivity contribution in [2.75, 3.05) is 31.1 Å². The van der Waals surface area contributed by atoms with Gasteiger partial charge in [-0.1, -0.05) is 18.2 Å². The smallest absolute Gasteiger partial charge is 0.254 e. The second kappa shape index (κ2) is 8.44. The number of thiazole rings is 1. The van der Waals surface area contributed by atoms with Crippen LogP contribution in [0.15, 0.2) is 59.4 Å². The number of hydrogen-bond donors (Lipinski definition) is 0. The minimum atomic E-state index is 0.0583. The molecule has 1 amide bonds. The summed E-state index contributed by atoms with van der Waals surface area (Å²) in [7, 11) is 0. The number of ether oxygens (including phenoxy) is 1. The molecule has 4 rings (SSSR count). The molecule has 28 heavy (non-hydrogen) atoms. The number of aryl methyl sites for hydroxylation is 1. The van der Waals surface area contributed by atoms with Crippen LogP contribution in [0.3, 0.4) is 0 Å². The van der Waals surface area contributed by atoms with Gasteiger partial charge in [0.15, 0.2) is 0 Å². The van der Waals surface area contributed by atoms with Crippen LogP contribution in [0.4, 0.5) is 5.69 Å². The number of hydrogen-bond acceptors (Lipinski definition) is 5. The lowest BCUT2D eigenvalue weighted by atomic mass is 10.1. The van der Waals surface area contributed by atoms with Crippen molar-refractivity contribution in [3.8, 4) is 5.75 Å². The van der Waals surface area contributed by atoms with Gasteiger partial charge in [-0.3, -0.25) is 4.79 Å². The van der Waals surface area contributed by atoms with E-state index in [0.29, 0.717) is 17.9 Å². The Bertz CT molecular complexity index is 934. The van der Waals surface area contributed by atoms with E-state index in [-0.39, 0.29) is 5.91 Å². The summed E-state index contributed by atoms with van der Waals surface area (Å²) in [6.45, 7) is 5.64. The van der Waals surface area contributed by atoms with Crippen LogP contribution >= 0.6 is 11.3 Å². The molecule has 1 saturated heterocycles. The first kappa shape index (κ1) is 18.5. The third kappa shape index (κ3) is 4.34. The molecule has 3 aromatic rings. The molecule has 2 aromatic carbocycles. The number of aromatic nitrogens is 1. The van der Waals surface area contributed by atoms with Crippen molar-refractivity contribution in [2.24, 2.45) is 0 Å². The molecule has 0 unspecified atom stereocenters. The second-order valence-electron chi connectivity index (χ2n) is 6.91. The van der Waals surface area contributed by atoms with Crippen LogP contribution in [-0.2, 0) is 6.61 Å². The molecule has 144 valence electrons. The fourth-order valence-corrected chi connectivity index (χ4v) is 3.90. The van der Waals surface area contributed by atoms with Gasteiger partial charge in [-0.2, -0.15) is 0 Å². The summed E-state index contributed by atoms with van der Waals surface area (Å²) in [6, 6.07) is 15.9. The highest BCUT2D eigenvalue weighted by molar-refractivity contribution is 7.07. The number of piperazine rings is 1. The number of anilines is 1. The van der Waals surface area contributed by atoms with Gasteiger partial charge in [0.05, 0.1) is 11.2 Å². The van der Waals surface area contributed by atoms with Crippen LogP contribution in [-0.4, -0.2) is 42.0 Å². The lowest BCUT2D eigenvalue weighted by molar-refractivity contribution is 0.0746. The van der Waals surface area contributed by atoms with Crippen LogP contribution in [0.2, 0.25) is 0 Å². The normalized spacial score (nSPS) is 14.2. The maximum absolute atomic E-state index is 12.9. The molecule has 1 aromatic heterocycles. The predicted octanol–water partition coefficient (Wildman–Crippen LogP) is 3.99. The number of benzene rings is 2. The van der Waals surface area contributed by atoms with E-state index >= 15 is 0 Å². The van der Waals surface area contributed by atoms with Crippen molar-refractivity contribution in [3.63, 3.8) is 0 Å². The Morgan fingerprint density at radius 3 is 2.68 bits per heavy atom. The first-order valence-corrected chi connectivity index (χ1v) is 10.3. The zero-order chi connectivity index (χ0) is 19.3. The van der Waals surface area contributed by atoms with E-state index < -0.39 is 0 Å². The highest BCUT2D eigenvalue weighted by Gasteiger charge is 2.22. The molecule has 0 radical (unpaired) electrons. The molecule has 1 aliphatic rings. The summed E-state index contributed by atoms with van der Waals surface area (Å²) >= 11 is 1.54. The van der Waals surface area contributed by atoms with Crippen LogP contribution in [0.25, 0.3) is 0 Å². The van der Waals surface area contributed by atoms with Gasteiger partial charge in [-0.05, 0) is 42.8 Å². The van der Waals surface area contributed by atoms with E-state index in [2.05, 4.69) is 41.1 Å². The fraction of sp³-hybridized carbons (Fsp3) is 0.273. The average Bonchev–Trinajstić information content (AvgIpc) is 3.26. The largest absolute Gasteiger partial charge is 0.487 e.